The van der Waals surface area contributed by atoms with Crippen molar-refractivity contribution >= 4 is 6.29 Å². The monoisotopic (exact) mass is 200 g/mol. The molecule has 84 valence electrons. The van der Waals surface area contributed by atoms with Crippen LogP contribution in [0.3, 0.4) is 0 Å². The van der Waals surface area contributed by atoms with E-state index in [0.29, 0.717) is 17.8 Å². The minimum atomic E-state index is 0.102. The molecule has 0 aliphatic rings. The molecule has 0 aromatic carbocycles. The Bertz CT molecular complexity index is 158. The number of hydrogen-bond acceptors (Lipinski definition) is 2. The Labute approximate surface area is 88.0 Å². The van der Waals surface area contributed by atoms with Gasteiger partial charge in [0, 0.05) is 13.5 Å². The van der Waals surface area contributed by atoms with Crippen LogP contribution in [0.15, 0.2) is 0 Å². The van der Waals surface area contributed by atoms with Crippen LogP contribution in [0.4, 0.5) is 0 Å². The van der Waals surface area contributed by atoms with Crippen LogP contribution in [-0.4, -0.2) is 19.5 Å². The Morgan fingerprint density at radius 1 is 1.36 bits per heavy atom. The zero-order valence-electron chi connectivity index (χ0n) is 10.2. The second-order valence-electron chi connectivity index (χ2n) is 5.37. The minimum absolute atomic E-state index is 0.102. The lowest BCUT2D eigenvalue weighted by Crippen LogP contribution is -2.19. The first-order valence-electron chi connectivity index (χ1n) is 5.35. The van der Waals surface area contributed by atoms with Crippen molar-refractivity contribution in [1.82, 2.24) is 0 Å². The van der Waals surface area contributed by atoms with Gasteiger partial charge in [0.1, 0.15) is 6.29 Å². The Morgan fingerprint density at radius 3 is 2.29 bits per heavy atom. The van der Waals surface area contributed by atoms with Crippen molar-refractivity contribution < 1.29 is 9.53 Å². The van der Waals surface area contributed by atoms with Crippen molar-refractivity contribution in [2.24, 2.45) is 11.3 Å². The number of hydrogen-bond donors (Lipinski definition) is 0. The van der Waals surface area contributed by atoms with E-state index in [0.717, 1.165) is 12.7 Å². The summed E-state index contributed by atoms with van der Waals surface area (Å²) in [7, 11) is 1.68. The molecule has 0 heterocycles. The fourth-order valence-electron chi connectivity index (χ4n) is 1.97. The predicted molar refractivity (Wildman–Crippen MR) is 59.3 cm³/mol. The standard InChI is InChI=1S/C12H24O2/c1-10(9-12(2,3)4)8-11(14-5)6-7-13/h7,10-11H,6,8-9H2,1-5H3/t10-,11+/m0/s1. The van der Waals surface area contributed by atoms with Crippen LogP contribution in [0.1, 0.15) is 47.0 Å². The molecular weight excluding hydrogens is 176 g/mol. The molecule has 0 saturated heterocycles. The summed E-state index contributed by atoms with van der Waals surface area (Å²) in [4.78, 5) is 10.4. The molecule has 0 aliphatic carbocycles. The van der Waals surface area contributed by atoms with Gasteiger partial charge < -0.3 is 9.53 Å². The maximum atomic E-state index is 10.4. The minimum Gasteiger partial charge on any atom is -0.381 e. The Balaban J connectivity index is 3.89. The number of carbonyl (C=O) groups excluding carboxylic acids is 1. The molecule has 2 nitrogen and oxygen atoms in total. The molecule has 0 unspecified atom stereocenters. The summed E-state index contributed by atoms with van der Waals surface area (Å²) < 4.78 is 5.24. The Kier molecular flexibility index (Phi) is 6.01. The van der Waals surface area contributed by atoms with Crippen molar-refractivity contribution in [3.8, 4) is 0 Å². The number of ether oxygens (including phenoxy) is 1. The number of aldehydes is 1. The maximum absolute atomic E-state index is 10.4. The smallest absolute Gasteiger partial charge is 0.122 e. The van der Waals surface area contributed by atoms with E-state index in [9.17, 15) is 4.79 Å². The van der Waals surface area contributed by atoms with Crippen LogP contribution in [-0.2, 0) is 9.53 Å². The third kappa shape index (κ3) is 7.07. The topological polar surface area (TPSA) is 26.3 Å². The highest BCUT2D eigenvalue weighted by Crippen LogP contribution is 2.27. The van der Waals surface area contributed by atoms with Gasteiger partial charge in [-0.1, -0.05) is 27.7 Å². The van der Waals surface area contributed by atoms with E-state index in [2.05, 4.69) is 27.7 Å². The van der Waals surface area contributed by atoms with Gasteiger partial charge in [-0.3, -0.25) is 0 Å². The van der Waals surface area contributed by atoms with Crippen LogP contribution >= 0.6 is 0 Å². The quantitative estimate of drug-likeness (QED) is 0.616. The van der Waals surface area contributed by atoms with E-state index in [-0.39, 0.29) is 6.10 Å². The first kappa shape index (κ1) is 13.6. The molecule has 0 fully saturated rings. The summed E-state index contributed by atoms with van der Waals surface area (Å²) >= 11 is 0. The molecule has 0 amide bonds. The number of methoxy groups -OCH3 is 1. The average molecular weight is 200 g/mol. The average Bonchev–Trinajstić information content (AvgIpc) is 2.00. The van der Waals surface area contributed by atoms with E-state index in [4.69, 9.17) is 4.74 Å². The molecule has 0 N–H and O–H groups in total. The highest BCUT2D eigenvalue weighted by molar-refractivity contribution is 5.50. The third-order valence-corrected chi connectivity index (χ3v) is 2.32. The highest BCUT2D eigenvalue weighted by atomic mass is 16.5. The summed E-state index contributed by atoms with van der Waals surface area (Å²) in [5.74, 6) is 0.611. The molecule has 0 aromatic rings. The van der Waals surface area contributed by atoms with Gasteiger partial charge in [-0.2, -0.15) is 0 Å². The van der Waals surface area contributed by atoms with Gasteiger partial charge >= 0.3 is 0 Å². The molecule has 14 heavy (non-hydrogen) atoms. The van der Waals surface area contributed by atoms with Gasteiger partial charge in [-0.25, -0.2) is 0 Å². The number of carbonyl (C=O) groups is 1. The van der Waals surface area contributed by atoms with Crippen molar-refractivity contribution in [2.45, 2.75) is 53.1 Å². The summed E-state index contributed by atoms with van der Waals surface area (Å²) in [5, 5.41) is 0. The lowest BCUT2D eigenvalue weighted by molar-refractivity contribution is -0.110. The third-order valence-electron chi connectivity index (χ3n) is 2.32. The van der Waals surface area contributed by atoms with E-state index >= 15 is 0 Å². The Hall–Kier alpha value is -0.370. The lowest BCUT2D eigenvalue weighted by Gasteiger charge is -2.25. The van der Waals surface area contributed by atoms with Gasteiger partial charge in [0.2, 0.25) is 0 Å². The Morgan fingerprint density at radius 2 is 1.93 bits per heavy atom. The SMILES string of the molecule is CO[C@H](CC=O)C[C@H](C)CC(C)(C)C. The predicted octanol–water partition coefficient (Wildman–Crippen LogP) is 3.05. The van der Waals surface area contributed by atoms with Crippen LogP contribution in [0, 0.1) is 11.3 Å². The van der Waals surface area contributed by atoms with Crippen molar-refractivity contribution in [2.75, 3.05) is 7.11 Å². The van der Waals surface area contributed by atoms with E-state index < -0.39 is 0 Å². The van der Waals surface area contributed by atoms with Crippen molar-refractivity contribution in [3.05, 3.63) is 0 Å². The van der Waals surface area contributed by atoms with Crippen molar-refractivity contribution in [1.29, 1.82) is 0 Å². The molecule has 0 aromatic heterocycles. The maximum Gasteiger partial charge on any atom is 0.122 e. The normalized spacial score (nSPS) is 16.4. The van der Waals surface area contributed by atoms with Gasteiger partial charge in [-0.05, 0) is 24.2 Å². The summed E-state index contributed by atoms with van der Waals surface area (Å²) in [6, 6.07) is 0. The molecule has 2 heteroatoms. The van der Waals surface area contributed by atoms with E-state index in [1.54, 1.807) is 7.11 Å². The molecular formula is C12H24O2. The zero-order valence-corrected chi connectivity index (χ0v) is 10.2. The second kappa shape index (κ2) is 6.18. The highest BCUT2D eigenvalue weighted by Gasteiger charge is 2.18. The van der Waals surface area contributed by atoms with Gasteiger partial charge in [-0.15, -0.1) is 0 Å². The van der Waals surface area contributed by atoms with Crippen molar-refractivity contribution in [3.63, 3.8) is 0 Å². The van der Waals surface area contributed by atoms with Gasteiger partial charge in [0.05, 0.1) is 6.10 Å². The molecule has 0 spiro atoms. The van der Waals surface area contributed by atoms with Gasteiger partial charge in [0.25, 0.3) is 0 Å². The second-order valence-corrected chi connectivity index (χ2v) is 5.37. The fraction of sp³-hybridized carbons (Fsp3) is 0.917. The summed E-state index contributed by atoms with van der Waals surface area (Å²) in [6.45, 7) is 8.95. The molecule has 2 atom stereocenters. The molecule has 0 saturated carbocycles. The summed E-state index contributed by atoms with van der Waals surface area (Å²) in [5.41, 5.74) is 0.360. The molecule has 0 bridgehead atoms. The fourth-order valence-corrected chi connectivity index (χ4v) is 1.97. The lowest BCUT2D eigenvalue weighted by atomic mass is 9.83. The molecule has 0 rings (SSSR count). The first-order valence-corrected chi connectivity index (χ1v) is 5.35. The van der Waals surface area contributed by atoms with Crippen LogP contribution in [0.2, 0.25) is 0 Å². The first-order chi connectivity index (χ1) is 6.39. The summed E-state index contributed by atoms with van der Waals surface area (Å²) in [6.07, 6.45) is 3.71. The largest absolute Gasteiger partial charge is 0.381 e. The zero-order chi connectivity index (χ0) is 11.2. The van der Waals surface area contributed by atoms with Crippen LogP contribution in [0.25, 0.3) is 0 Å². The van der Waals surface area contributed by atoms with Crippen LogP contribution in [0.5, 0.6) is 0 Å². The van der Waals surface area contributed by atoms with E-state index in [1.807, 2.05) is 0 Å². The van der Waals surface area contributed by atoms with Gasteiger partial charge in [0.15, 0.2) is 0 Å². The molecule has 0 aliphatic heterocycles. The molecule has 0 radical (unpaired) electrons. The van der Waals surface area contributed by atoms with E-state index in [1.165, 1.54) is 6.42 Å². The van der Waals surface area contributed by atoms with Crippen LogP contribution < -0.4 is 0 Å². The number of rotatable bonds is 6.